The second kappa shape index (κ2) is 7.03. The molecule has 1 N–H and O–H groups in total. The Kier molecular flexibility index (Phi) is 4.83. The van der Waals surface area contributed by atoms with Gasteiger partial charge in [0.25, 0.3) is 5.91 Å². The van der Waals surface area contributed by atoms with Gasteiger partial charge in [-0.05, 0) is 55.5 Å². The van der Waals surface area contributed by atoms with Crippen molar-refractivity contribution < 1.29 is 9.53 Å². The number of thiocarbonyl (C=S) groups is 1. The summed E-state index contributed by atoms with van der Waals surface area (Å²) < 4.78 is 5.59. The number of hydrogen-bond donors (Lipinski definition) is 1. The van der Waals surface area contributed by atoms with E-state index in [0.717, 1.165) is 11.3 Å². The summed E-state index contributed by atoms with van der Waals surface area (Å²) in [6.45, 7) is 2.47. The van der Waals surface area contributed by atoms with Crippen LogP contribution in [-0.2, 0) is 4.79 Å². The van der Waals surface area contributed by atoms with Gasteiger partial charge in [-0.3, -0.25) is 9.69 Å². The van der Waals surface area contributed by atoms with E-state index in [1.54, 1.807) is 30.3 Å². The molecule has 0 radical (unpaired) electrons. The number of rotatable bonds is 4. The van der Waals surface area contributed by atoms with Gasteiger partial charge in [0.15, 0.2) is 5.11 Å². The second-order valence-electron chi connectivity index (χ2n) is 5.08. The molecular weight excluding hydrogens is 344 g/mol. The molecule has 3 rings (SSSR count). The highest BCUT2D eigenvalue weighted by Crippen LogP contribution is 2.26. The smallest absolute Gasteiger partial charge is 0.281 e. The second-order valence-corrected chi connectivity index (χ2v) is 5.90. The minimum Gasteiger partial charge on any atom is -0.493 e. The van der Waals surface area contributed by atoms with Crippen molar-refractivity contribution in [2.45, 2.75) is 6.92 Å². The predicted molar refractivity (Wildman–Crippen MR) is 100 cm³/mol. The Morgan fingerprint density at radius 1 is 1.21 bits per heavy atom. The molecule has 0 spiro atoms. The maximum Gasteiger partial charge on any atom is 0.281 e. The maximum absolute atomic E-state index is 12.7. The molecule has 0 unspecified atom stereocenters. The molecule has 1 fully saturated rings. The van der Waals surface area contributed by atoms with Crippen LogP contribution in [0.25, 0.3) is 6.08 Å². The van der Waals surface area contributed by atoms with Crippen molar-refractivity contribution >= 4 is 46.6 Å². The predicted octanol–water partition coefficient (Wildman–Crippen LogP) is 4.00. The summed E-state index contributed by atoms with van der Waals surface area (Å²) in [4.78, 5) is 14.2. The molecule has 2 aromatic carbocycles. The lowest BCUT2D eigenvalue weighted by Crippen LogP contribution is -2.30. The van der Waals surface area contributed by atoms with Crippen LogP contribution in [0, 0.1) is 0 Å². The van der Waals surface area contributed by atoms with Crippen LogP contribution in [0.1, 0.15) is 12.5 Å². The zero-order valence-electron chi connectivity index (χ0n) is 13.0. The standard InChI is InChI=1S/C18H15ClN2O2S/c1-2-23-16-6-4-3-5-12(16)11-15-17(22)21(18(24)20-15)14-9-7-13(19)8-10-14/h3-11H,2H2,1H3,(H,20,24)/b15-11-. The fraction of sp³-hybridized carbons (Fsp3) is 0.111. The summed E-state index contributed by atoms with van der Waals surface area (Å²) in [5.41, 5.74) is 1.89. The van der Waals surface area contributed by atoms with E-state index in [1.807, 2.05) is 31.2 Å². The molecular formula is C18H15ClN2O2S. The number of carbonyl (C=O) groups excluding carboxylic acids is 1. The van der Waals surface area contributed by atoms with Crippen LogP contribution >= 0.6 is 23.8 Å². The third kappa shape index (κ3) is 3.27. The van der Waals surface area contributed by atoms with Gasteiger partial charge in [-0.25, -0.2) is 0 Å². The highest BCUT2D eigenvalue weighted by atomic mass is 35.5. The minimum atomic E-state index is -0.214. The van der Waals surface area contributed by atoms with E-state index in [2.05, 4.69) is 5.32 Å². The molecule has 1 amide bonds. The molecule has 0 bridgehead atoms. The van der Waals surface area contributed by atoms with Gasteiger partial charge in [-0.1, -0.05) is 29.8 Å². The average molecular weight is 359 g/mol. The van der Waals surface area contributed by atoms with E-state index in [0.29, 0.717) is 28.1 Å². The number of amides is 1. The summed E-state index contributed by atoms with van der Waals surface area (Å²) in [5.74, 6) is 0.506. The van der Waals surface area contributed by atoms with Gasteiger partial charge < -0.3 is 10.1 Å². The molecule has 2 aromatic rings. The van der Waals surface area contributed by atoms with Crippen molar-refractivity contribution in [1.29, 1.82) is 0 Å². The van der Waals surface area contributed by atoms with E-state index in [4.69, 9.17) is 28.6 Å². The molecule has 1 saturated heterocycles. The fourth-order valence-corrected chi connectivity index (χ4v) is 2.83. The lowest BCUT2D eigenvalue weighted by molar-refractivity contribution is -0.113. The van der Waals surface area contributed by atoms with Gasteiger partial charge in [0.2, 0.25) is 0 Å². The van der Waals surface area contributed by atoms with E-state index >= 15 is 0 Å². The minimum absolute atomic E-state index is 0.214. The Balaban J connectivity index is 1.93. The van der Waals surface area contributed by atoms with Crippen molar-refractivity contribution in [3.05, 3.63) is 64.8 Å². The Morgan fingerprint density at radius 2 is 1.92 bits per heavy atom. The van der Waals surface area contributed by atoms with Gasteiger partial charge in [-0.2, -0.15) is 0 Å². The molecule has 0 aliphatic carbocycles. The molecule has 0 atom stereocenters. The monoisotopic (exact) mass is 358 g/mol. The number of anilines is 1. The first-order chi connectivity index (χ1) is 11.6. The van der Waals surface area contributed by atoms with Crippen LogP contribution in [0.15, 0.2) is 54.2 Å². The fourth-order valence-electron chi connectivity index (χ4n) is 2.40. The molecule has 0 aromatic heterocycles. The van der Waals surface area contributed by atoms with Crippen molar-refractivity contribution in [2.24, 2.45) is 0 Å². The Morgan fingerprint density at radius 3 is 2.62 bits per heavy atom. The maximum atomic E-state index is 12.7. The highest BCUT2D eigenvalue weighted by Gasteiger charge is 2.32. The third-order valence-electron chi connectivity index (χ3n) is 3.48. The van der Waals surface area contributed by atoms with E-state index < -0.39 is 0 Å². The molecule has 6 heteroatoms. The molecule has 1 aliphatic heterocycles. The van der Waals surface area contributed by atoms with Gasteiger partial charge in [0, 0.05) is 10.6 Å². The van der Waals surface area contributed by atoms with Crippen LogP contribution in [0.4, 0.5) is 5.69 Å². The van der Waals surface area contributed by atoms with Crippen LogP contribution in [0.5, 0.6) is 5.75 Å². The first kappa shape index (κ1) is 16.5. The van der Waals surface area contributed by atoms with E-state index in [1.165, 1.54) is 4.90 Å². The summed E-state index contributed by atoms with van der Waals surface area (Å²) in [6.07, 6.45) is 1.75. The molecule has 1 aliphatic rings. The zero-order chi connectivity index (χ0) is 17.1. The number of nitrogens with one attached hydrogen (secondary N) is 1. The zero-order valence-corrected chi connectivity index (χ0v) is 14.5. The number of benzene rings is 2. The molecule has 122 valence electrons. The number of para-hydroxylation sites is 1. The topological polar surface area (TPSA) is 41.6 Å². The molecule has 24 heavy (non-hydrogen) atoms. The number of ether oxygens (including phenoxy) is 1. The van der Waals surface area contributed by atoms with Crippen LogP contribution < -0.4 is 15.0 Å². The van der Waals surface area contributed by atoms with Gasteiger partial charge in [0.05, 0.1) is 12.3 Å². The Hall–Kier alpha value is -2.37. The lowest BCUT2D eigenvalue weighted by atomic mass is 10.1. The van der Waals surface area contributed by atoms with Crippen molar-refractivity contribution in [3.63, 3.8) is 0 Å². The summed E-state index contributed by atoms with van der Waals surface area (Å²) >= 11 is 11.2. The number of carbonyl (C=O) groups is 1. The average Bonchev–Trinajstić information content (AvgIpc) is 2.85. The quantitative estimate of drug-likeness (QED) is 0.662. The lowest BCUT2D eigenvalue weighted by Gasteiger charge is -2.13. The SMILES string of the molecule is CCOc1ccccc1/C=C1\NC(=S)N(c2ccc(Cl)cc2)C1=O. The first-order valence-corrected chi connectivity index (χ1v) is 8.23. The van der Waals surface area contributed by atoms with Gasteiger partial charge >= 0.3 is 0 Å². The molecule has 4 nitrogen and oxygen atoms in total. The van der Waals surface area contributed by atoms with E-state index in [-0.39, 0.29) is 5.91 Å². The summed E-state index contributed by atoms with van der Waals surface area (Å²) in [5, 5.41) is 3.90. The largest absolute Gasteiger partial charge is 0.493 e. The highest BCUT2D eigenvalue weighted by molar-refractivity contribution is 7.80. The van der Waals surface area contributed by atoms with E-state index in [9.17, 15) is 4.79 Å². The van der Waals surface area contributed by atoms with Crippen molar-refractivity contribution in [3.8, 4) is 5.75 Å². The third-order valence-corrected chi connectivity index (χ3v) is 4.02. The normalized spacial score (nSPS) is 15.8. The van der Waals surface area contributed by atoms with Crippen LogP contribution in [-0.4, -0.2) is 17.6 Å². The number of hydrogen-bond acceptors (Lipinski definition) is 3. The van der Waals surface area contributed by atoms with Crippen LogP contribution in [0.3, 0.4) is 0 Å². The Bertz CT molecular complexity index is 818. The molecule has 0 saturated carbocycles. The van der Waals surface area contributed by atoms with Gasteiger partial charge in [-0.15, -0.1) is 0 Å². The van der Waals surface area contributed by atoms with Gasteiger partial charge in [0.1, 0.15) is 11.4 Å². The van der Waals surface area contributed by atoms with Crippen LogP contribution in [0.2, 0.25) is 5.02 Å². The Labute approximate surface area is 150 Å². The summed E-state index contributed by atoms with van der Waals surface area (Å²) in [7, 11) is 0. The van der Waals surface area contributed by atoms with Crippen molar-refractivity contribution in [2.75, 3.05) is 11.5 Å². The number of halogens is 1. The number of nitrogens with zero attached hydrogens (tertiary/aromatic N) is 1. The van der Waals surface area contributed by atoms with Crippen molar-refractivity contribution in [1.82, 2.24) is 5.32 Å². The first-order valence-electron chi connectivity index (χ1n) is 7.44. The molecule has 1 heterocycles. The summed E-state index contributed by atoms with van der Waals surface area (Å²) in [6, 6.07) is 14.5.